The van der Waals surface area contributed by atoms with Crippen LogP contribution in [0.15, 0.2) is 79.2 Å². The molecule has 0 fully saturated rings. The lowest BCUT2D eigenvalue weighted by atomic mass is 10.1. The quantitative estimate of drug-likeness (QED) is 0.469. The first kappa shape index (κ1) is 16.5. The van der Waals surface area contributed by atoms with Crippen molar-refractivity contribution in [2.24, 2.45) is 0 Å². The molecule has 2 aromatic carbocycles. The van der Waals surface area contributed by atoms with E-state index < -0.39 is 7.14 Å². The molecule has 0 aliphatic carbocycles. The number of benzene rings is 2. The average molecular weight is 333 g/mol. The summed E-state index contributed by atoms with van der Waals surface area (Å²) in [6, 6.07) is 19.6. The van der Waals surface area contributed by atoms with Gasteiger partial charge in [0.2, 0.25) is 0 Å². The monoisotopic (exact) mass is 333 g/mol. The average Bonchev–Trinajstić information content (AvgIpc) is 2.62. The molecular formula is C21H20NOP. The molecule has 1 atom stereocenters. The topological polar surface area (TPSA) is 30.0 Å². The Bertz CT molecular complexity index is 969. The summed E-state index contributed by atoms with van der Waals surface area (Å²) in [6.45, 7) is 7.80. The molecule has 0 radical (unpaired) electrons. The van der Waals surface area contributed by atoms with Gasteiger partial charge in [0, 0.05) is 28.1 Å². The summed E-state index contributed by atoms with van der Waals surface area (Å²) in [5, 5.41) is 2.51. The van der Waals surface area contributed by atoms with Crippen molar-refractivity contribution in [3.05, 3.63) is 84.7 Å². The van der Waals surface area contributed by atoms with Crippen molar-refractivity contribution in [3.63, 3.8) is 0 Å². The Morgan fingerprint density at radius 3 is 2.42 bits per heavy atom. The maximum atomic E-state index is 14.0. The Morgan fingerprint density at radius 2 is 1.75 bits per heavy atom. The van der Waals surface area contributed by atoms with E-state index in [1.54, 1.807) is 6.20 Å². The van der Waals surface area contributed by atoms with Crippen LogP contribution in [0.4, 0.5) is 0 Å². The Balaban J connectivity index is 2.21. The fourth-order valence-corrected chi connectivity index (χ4v) is 5.67. The van der Waals surface area contributed by atoms with Gasteiger partial charge in [-0.3, -0.25) is 4.98 Å². The van der Waals surface area contributed by atoms with Gasteiger partial charge in [0.05, 0.1) is 10.8 Å². The van der Waals surface area contributed by atoms with Gasteiger partial charge in [-0.05, 0) is 12.1 Å². The molecule has 24 heavy (non-hydrogen) atoms. The van der Waals surface area contributed by atoms with Crippen LogP contribution in [0.2, 0.25) is 0 Å². The Labute approximate surface area is 142 Å². The predicted octanol–water partition coefficient (Wildman–Crippen LogP) is 5.46. The van der Waals surface area contributed by atoms with Crippen LogP contribution in [-0.2, 0) is 4.57 Å². The number of pyridine rings is 1. The molecular weight excluding hydrogens is 313 g/mol. The van der Waals surface area contributed by atoms with E-state index in [1.165, 1.54) is 0 Å². The van der Waals surface area contributed by atoms with Crippen LogP contribution in [0.3, 0.4) is 0 Å². The molecule has 0 saturated carbocycles. The number of para-hydroxylation sites is 1. The molecule has 2 nitrogen and oxygen atoms in total. The van der Waals surface area contributed by atoms with Gasteiger partial charge in [0.25, 0.3) is 0 Å². The number of nitrogens with zero attached hydrogens (tertiary/aromatic N) is 1. The molecule has 1 heterocycles. The minimum Gasteiger partial charge on any atom is -0.313 e. The summed E-state index contributed by atoms with van der Waals surface area (Å²) in [5.41, 5.74) is 4.67. The van der Waals surface area contributed by atoms with Crippen LogP contribution in [-0.4, -0.2) is 10.6 Å². The molecule has 0 aliphatic heterocycles. The first-order valence-corrected chi connectivity index (χ1v) is 9.76. The van der Waals surface area contributed by atoms with Crippen molar-refractivity contribution >= 4 is 28.7 Å². The second kappa shape index (κ2) is 6.61. The van der Waals surface area contributed by atoms with Crippen LogP contribution >= 0.6 is 7.14 Å². The maximum absolute atomic E-state index is 14.0. The Morgan fingerprint density at radius 1 is 1.08 bits per heavy atom. The third kappa shape index (κ3) is 2.76. The number of aromatic nitrogens is 1. The van der Waals surface area contributed by atoms with E-state index in [9.17, 15) is 4.57 Å². The molecule has 3 heteroatoms. The third-order valence-electron chi connectivity index (χ3n) is 4.23. The highest BCUT2D eigenvalue weighted by Crippen LogP contribution is 2.60. The van der Waals surface area contributed by atoms with Gasteiger partial charge in [-0.1, -0.05) is 69.0 Å². The maximum Gasteiger partial charge on any atom is 0.153 e. The molecule has 3 aromatic rings. The van der Waals surface area contributed by atoms with Crippen molar-refractivity contribution in [3.8, 4) is 0 Å². The van der Waals surface area contributed by atoms with Crippen molar-refractivity contribution in [2.75, 3.05) is 0 Å². The third-order valence-corrected chi connectivity index (χ3v) is 7.83. The lowest BCUT2D eigenvalue weighted by Gasteiger charge is -2.24. The summed E-state index contributed by atoms with van der Waals surface area (Å²) in [5.74, 6) is 0. The van der Waals surface area contributed by atoms with E-state index in [0.717, 1.165) is 21.8 Å². The largest absolute Gasteiger partial charge is 0.313 e. The van der Waals surface area contributed by atoms with E-state index in [-0.39, 0.29) is 5.66 Å². The van der Waals surface area contributed by atoms with Crippen LogP contribution in [0, 0.1) is 0 Å². The highest BCUT2D eigenvalue weighted by Gasteiger charge is 2.34. The summed E-state index contributed by atoms with van der Waals surface area (Å²) in [4.78, 5) is 4.51. The highest BCUT2D eigenvalue weighted by atomic mass is 31.2. The number of hydrogen-bond acceptors (Lipinski definition) is 2. The van der Waals surface area contributed by atoms with E-state index in [2.05, 4.69) is 17.3 Å². The fourth-order valence-electron chi connectivity index (χ4n) is 2.95. The molecule has 0 N–H and O–H groups in total. The number of fused-ring (bicyclic) bond motifs is 1. The van der Waals surface area contributed by atoms with Crippen molar-refractivity contribution < 1.29 is 4.57 Å². The summed E-state index contributed by atoms with van der Waals surface area (Å²) in [6.07, 6.45) is 1.77. The molecule has 120 valence electrons. The van der Waals surface area contributed by atoms with Crippen LogP contribution in [0.1, 0.15) is 19.4 Å². The first-order valence-electron chi connectivity index (χ1n) is 7.98. The molecule has 0 saturated heterocycles. The van der Waals surface area contributed by atoms with E-state index in [4.69, 9.17) is 0 Å². The van der Waals surface area contributed by atoms with Crippen LogP contribution < -0.4 is 5.30 Å². The highest BCUT2D eigenvalue weighted by molar-refractivity contribution is 7.81. The molecule has 0 amide bonds. The standard InChI is InChI=1S/C21H20NOP/c1-4-21(18-14-17-10-8-9-13-20(17)22-15-18)24(23,16(2)3)19-11-6-5-7-12-19/h5-16H,1H2,2-3H3/t24-/m0/s1. The van der Waals surface area contributed by atoms with Gasteiger partial charge in [-0.25, -0.2) is 0 Å². The zero-order valence-electron chi connectivity index (χ0n) is 13.9. The van der Waals surface area contributed by atoms with Gasteiger partial charge in [0.1, 0.15) is 0 Å². The molecule has 0 unspecified atom stereocenters. The summed E-state index contributed by atoms with van der Waals surface area (Å²) >= 11 is 0. The van der Waals surface area contributed by atoms with Gasteiger partial charge in [-0.15, -0.1) is 5.73 Å². The SMILES string of the molecule is C=C=C(c1cnc2ccccc2c1)[P@@](=O)(c1ccccc1)C(C)C. The van der Waals surface area contributed by atoms with Crippen molar-refractivity contribution in [1.82, 2.24) is 4.98 Å². The first-order chi connectivity index (χ1) is 11.6. The van der Waals surface area contributed by atoms with Gasteiger partial charge < -0.3 is 4.57 Å². The Hall–Kier alpha value is -2.40. The van der Waals surface area contributed by atoms with Crippen molar-refractivity contribution in [2.45, 2.75) is 19.5 Å². The number of rotatable bonds is 4. The van der Waals surface area contributed by atoms with E-state index in [0.29, 0.717) is 5.31 Å². The van der Waals surface area contributed by atoms with E-state index >= 15 is 0 Å². The zero-order valence-corrected chi connectivity index (χ0v) is 14.8. The lowest BCUT2D eigenvalue weighted by molar-refractivity contribution is 0.582. The van der Waals surface area contributed by atoms with Gasteiger partial charge in [0.15, 0.2) is 7.14 Å². The fraction of sp³-hybridized carbons (Fsp3) is 0.143. The minimum absolute atomic E-state index is 0.0457. The van der Waals surface area contributed by atoms with Gasteiger partial charge in [-0.2, -0.15) is 0 Å². The van der Waals surface area contributed by atoms with Crippen LogP contribution in [0.25, 0.3) is 16.2 Å². The van der Waals surface area contributed by atoms with E-state index in [1.807, 2.05) is 74.5 Å². The number of hydrogen-bond donors (Lipinski definition) is 0. The second-order valence-corrected chi connectivity index (χ2v) is 9.34. The van der Waals surface area contributed by atoms with Crippen molar-refractivity contribution in [1.29, 1.82) is 0 Å². The second-order valence-electron chi connectivity index (χ2n) is 6.03. The summed E-state index contributed by atoms with van der Waals surface area (Å²) < 4.78 is 14.0. The normalized spacial score (nSPS) is 13.5. The predicted molar refractivity (Wildman–Crippen MR) is 103 cm³/mol. The summed E-state index contributed by atoms with van der Waals surface area (Å²) in [7, 11) is -2.85. The molecule has 1 aromatic heterocycles. The zero-order chi connectivity index (χ0) is 17.2. The lowest BCUT2D eigenvalue weighted by Crippen LogP contribution is -2.13. The Kier molecular flexibility index (Phi) is 4.53. The minimum atomic E-state index is -2.85. The molecule has 3 rings (SSSR count). The molecule has 0 bridgehead atoms. The molecule has 0 aliphatic rings. The van der Waals surface area contributed by atoms with Gasteiger partial charge >= 0.3 is 0 Å². The molecule has 0 spiro atoms. The smallest absolute Gasteiger partial charge is 0.153 e. The van der Waals surface area contributed by atoms with Crippen LogP contribution in [0.5, 0.6) is 0 Å².